The van der Waals surface area contributed by atoms with Crippen LogP contribution in [-0.4, -0.2) is 142 Å². The first-order chi connectivity index (χ1) is 19.9. The lowest BCUT2D eigenvalue weighted by molar-refractivity contribution is -0.266. The summed E-state index contributed by atoms with van der Waals surface area (Å²) in [6.07, 6.45) is -16.0. The predicted molar refractivity (Wildman–Crippen MR) is 135 cm³/mol. The number of benzene rings is 1. The normalized spacial score (nSPS) is 40.2. The molecule has 42 heavy (non-hydrogen) atoms. The summed E-state index contributed by atoms with van der Waals surface area (Å²) >= 11 is 0. The van der Waals surface area contributed by atoms with Gasteiger partial charge in [0.2, 0.25) is 11.4 Å². The number of aliphatic hydroxyl groups excluding tert-OH is 8. The van der Waals surface area contributed by atoms with Crippen LogP contribution in [0.15, 0.2) is 53.0 Å². The van der Waals surface area contributed by atoms with Gasteiger partial charge in [-0.15, -0.1) is 0 Å². The van der Waals surface area contributed by atoms with Crippen LogP contribution in [-0.2, 0) is 23.8 Å². The summed E-state index contributed by atoms with van der Waals surface area (Å²) in [4.78, 5) is 27.3. The minimum Gasteiger partial charge on any atom is -0.508 e. The third-order valence-electron chi connectivity index (χ3n) is 7.93. The van der Waals surface area contributed by atoms with Gasteiger partial charge in [0.25, 0.3) is 0 Å². The van der Waals surface area contributed by atoms with E-state index in [4.69, 9.17) is 14.2 Å². The third kappa shape index (κ3) is 4.55. The van der Waals surface area contributed by atoms with Gasteiger partial charge in [-0.2, -0.15) is 0 Å². The second kappa shape index (κ2) is 11.1. The molecule has 3 heterocycles. The molecule has 2 fully saturated rings. The molecule has 228 valence electrons. The van der Waals surface area contributed by atoms with Crippen molar-refractivity contribution in [1.29, 1.82) is 0 Å². The number of fused-ring (bicyclic) bond motifs is 2. The van der Waals surface area contributed by atoms with Crippen molar-refractivity contribution in [3.8, 4) is 5.75 Å². The highest BCUT2D eigenvalue weighted by atomic mass is 16.6. The van der Waals surface area contributed by atoms with Gasteiger partial charge in [0.05, 0.1) is 18.8 Å². The van der Waals surface area contributed by atoms with Crippen molar-refractivity contribution >= 4 is 17.6 Å². The Morgan fingerprint density at radius 1 is 0.857 bits per heavy atom. The van der Waals surface area contributed by atoms with Crippen molar-refractivity contribution in [3.63, 3.8) is 0 Å². The van der Waals surface area contributed by atoms with Crippen molar-refractivity contribution in [2.24, 2.45) is 0 Å². The highest BCUT2D eigenvalue weighted by molar-refractivity contribution is 6.29. The minimum atomic E-state index is -3.22. The molecule has 10 N–H and O–H groups in total. The summed E-state index contributed by atoms with van der Waals surface area (Å²) in [6, 6.07) is 5.53. The molecule has 3 aliphatic heterocycles. The van der Waals surface area contributed by atoms with E-state index in [1.807, 2.05) is 0 Å². The van der Waals surface area contributed by atoms with E-state index in [1.54, 1.807) is 0 Å². The fourth-order valence-electron chi connectivity index (χ4n) is 5.63. The van der Waals surface area contributed by atoms with Crippen molar-refractivity contribution in [2.45, 2.75) is 66.6 Å². The Hall–Kier alpha value is -3.22. The third-order valence-corrected chi connectivity index (χ3v) is 7.93. The number of hydrogen-bond donors (Lipinski definition) is 10. The summed E-state index contributed by atoms with van der Waals surface area (Å²) in [5, 5.41) is 105. The van der Waals surface area contributed by atoms with Gasteiger partial charge in [-0.25, -0.2) is 0 Å². The number of ketones is 2. The zero-order valence-corrected chi connectivity index (χ0v) is 21.7. The molecule has 15 heteroatoms. The molecule has 1 aliphatic carbocycles. The van der Waals surface area contributed by atoms with Gasteiger partial charge in [-0.05, 0) is 23.8 Å². The van der Waals surface area contributed by atoms with Gasteiger partial charge >= 0.3 is 0 Å². The standard InChI is InChI=1S/C27H30O15/c28-7-12-17(33)20(36)23-22(40-12)15-18(34)14(11(31)6-3-9-1-4-10(30)5-2-9)24(38)27(39,25(15)42-23)26-21(37)19(35)16(32)13(8-29)41-26/h1-6,12-13,16-17,19-23,26,28-30,32-37,39H,7-8H2/b6-3+. The Labute approximate surface area is 237 Å². The molecule has 0 spiro atoms. The molecule has 0 aromatic heterocycles. The van der Waals surface area contributed by atoms with Gasteiger partial charge in [0.1, 0.15) is 77.8 Å². The smallest absolute Gasteiger partial charge is 0.214 e. The predicted octanol–water partition coefficient (Wildman–Crippen LogP) is -3.92. The molecule has 0 amide bonds. The Morgan fingerprint density at radius 2 is 1.45 bits per heavy atom. The highest BCUT2D eigenvalue weighted by Crippen LogP contribution is 2.50. The molecule has 0 bridgehead atoms. The summed E-state index contributed by atoms with van der Waals surface area (Å²) in [5.41, 5.74) is -4.38. The van der Waals surface area contributed by atoms with Crippen LogP contribution in [0.25, 0.3) is 6.08 Å². The first kappa shape index (κ1) is 30.2. The maximum absolute atomic E-state index is 13.9. The van der Waals surface area contributed by atoms with E-state index in [2.05, 4.69) is 0 Å². The number of phenolic OH excluding ortho intramolecular Hbond substituents is 1. The van der Waals surface area contributed by atoms with Crippen molar-refractivity contribution in [3.05, 3.63) is 58.6 Å². The average Bonchev–Trinajstić information content (AvgIpc) is 3.37. The molecule has 15 nitrogen and oxygen atoms in total. The summed E-state index contributed by atoms with van der Waals surface area (Å²) in [5.74, 6) is -4.64. The molecule has 2 saturated heterocycles. The van der Waals surface area contributed by atoms with Crippen molar-refractivity contribution < 1.29 is 74.9 Å². The van der Waals surface area contributed by atoms with Crippen LogP contribution in [0.1, 0.15) is 5.56 Å². The number of allylic oxidation sites excluding steroid dienone is 1. The van der Waals surface area contributed by atoms with Crippen LogP contribution in [0.2, 0.25) is 0 Å². The maximum atomic E-state index is 13.9. The van der Waals surface area contributed by atoms with Gasteiger partial charge in [-0.1, -0.05) is 18.2 Å². The largest absolute Gasteiger partial charge is 0.508 e. The second-order valence-electron chi connectivity index (χ2n) is 10.4. The zero-order chi connectivity index (χ0) is 30.7. The van der Waals surface area contributed by atoms with Crippen LogP contribution in [0, 0.1) is 0 Å². The number of hydrogen-bond acceptors (Lipinski definition) is 15. The number of carbonyl (C=O) groups is 2. The van der Waals surface area contributed by atoms with Gasteiger partial charge in [0.15, 0.2) is 11.9 Å². The molecule has 1 aromatic carbocycles. The lowest BCUT2D eigenvalue weighted by Crippen LogP contribution is -2.68. The number of rotatable bonds is 6. The maximum Gasteiger partial charge on any atom is 0.214 e. The molecular formula is C27H30O15. The lowest BCUT2D eigenvalue weighted by Gasteiger charge is -2.47. The van der Waals surface area contributed by atoms with Crippen LogP contribution >= 0.6 is 0 Å². The monoisotopic (exact) mass is 594 g/mol. The summed E-state index contributed by atoms with van der Waals surface area (Å²) < 4.78 is 16.7. The fourth-order valence-corrected chi connectivity index (χ4v) is 5.63. The highest BCUT2D eigenvalue weighted by Gasteiger charge is 2.67. The number of phenols is 1. The van der Waals surface area contributed by atoms with Crippen LogP contribution < -0.4 is 0 Å². The SMILES string of the molecule is O=C(/C=C/c1ccc(O)cc1)C1=C(O)C2=C(OC3C2OC(CO)C(O)C3O)C(O)(C2OC(CO)C(O)C(O)C2O)C1=O. The molecular weight excluding hydrogens is 564 g/mol. The summed E-state index contributed by atoms with van der Waals surface area (Å²) in [7, 11) is 0. The van der Waals surface area contributed by atoms with Gasteiger partial charge in [-0.3, -0.25) is 9.59 Å². The molecule has 0 saturated carbocycles. The first-order valence-electron chi connectivity index (χ1n) is 12.9. The molecule has 11 atom stereocenters. The first-order valence-corrected chi connectivity index (χ1v) is 12.9. The Kier molecular flexibility index (Phi) is 8.01. The number of aromatic hydroxyl groups is 1. The summed E-state index contributed by atoms with van der Waals surface area (Å²) in [6.45, 7) is -1.73. The van der Waals surface area contributed by atoms with Crippen molar-refractivity contribution in [2.75, 3.05) is 13.2 Å². The van der Waals surface area contributed by atoms with Crippen LogP contribution in [0.5, 0.6) is 5.75 Å². The molecule has 5 rings (SSSR count). The van der Waals surface area contributed by atoms with Crippen LogP contribution in [0.3, 0.4) is 0 Å². The van der Waals surface area contributed by atoms with Gasteiger partial charge < -0.3 is 65.3 Å². The minimum absolute atomic E-state index is 0.0536. The van der Waals surface area contributed by atoms with E-state index in [0.29, 0.717) is 5.56 Å². The average molecular weight is 595 g/mol. The number of aliphatic hydroxyl groups is 9. The topological polar surface area (TPSA) is 264 Å². The van der Waals surface area contributed by atoms with E-state index in [-0.39, 0.29) is 5.75 Å². The molecule has 11 unspecified atom stereocenters. The Balaban J connectivity index is 1.64. The van der Waals surface area contributed by atoms with E-state index in [9.17, 15) is 60.7 Å². The second-order valence-corrected chi connectivity index (χ2v) is 10.4. The number of Topliss-reactive ketones (excluding diaryl/α,β-unsaturated/α-hetero) is 1. The zero-order valence-electron chi connectivity index (χ0n) is 21.7. The van der Waals surface area contributed by atoms with E-state index in [0.717, 1.165) is 6.08 Å². The fraction of sp³-hybridized carbons (Fsp3) is 0.481. The number of ether oxygens (including phenoxy) is 3. The Morgan fingerprint density at radius 3 is 2.07 bits per heavy atom. The molecule has 0 radical (unpaired) electrons. The van der Waals surface area contributed by atoms with Crippen LogP contribution in [0.4, 0.5) is 0 Å². The van der Waals surface area contributed by atoms with Gasteiger partial charge in [0, 0.05) is 0 Å². The number of carbonyl (C=O) groups excluding carboxylic acids is 2. The van der Waals surface area contributed by atoms with Crippen molar-refractivity contribution in [1.82, 2.24) is 0 Å². The molecule has 1 aromatic rings. The molecule has 4 aliphatic rings. The van der Waals surface area contributed by atoms with E-state index >= 15 is 0 Å². The van der Waals surface area contributed by atoms with E-state index in [1.165, 1.54) is 30.3 Å². The Bertz CT molecular complexity index is 1330. The quantitative estimate of drug-likeness (QED) is 0.111. The lowest BCUT2D eigenvalue weighted by atomic mass is 9.73. The van der Waals surface area contributed by atoms with E-state index < -0.39 is 114 Å².